The van der Waals surface area contributed by atoms with E-state index in [0.717, 1.165) is 0 Å². The maximum atomic E-state index is 13.4. The van der Waals surface area contributed by atoms with Gasteiger partial charge in [0.05, 0.1) is 39.2 Å². The number of ether oxygens (including phenoxy) is 4. The van der Waals surface area contributed by atoms with Gasteiger partial charge in [0.1, 0.15) is 56.8 Å². The van der Waals surface area contributed by atoms with Gasteiger partial charge >= 0.3 is 0 Å². The molecule has 6 aromatic rings. The summed E-state index contributed by atoms with van der Waals surface area (Å²) in [6.45, 7) is 3.24. The Balaban J connectivity index is 2.01. The average Bonchev–Trinajstić information content (AvgIpc) is 2.96. The van der Waals surface area contributed by atoms with Gasteiger partial charge in [-0.05, 0) is 26.0 Å². The molecule has 0 aliphatic heterocycles. The Hall–Kier alpha value is -5.38. The summed E-state index contributed by atoms with van der Waals surface area (Å²) in [7, 11) is 5.84. The van der Waals surface area contributed by atoms with Crippen molar-refractivity contribution < 1.29 is 38.0 Å². The van der Waals surface area contributed by atoms with Crippen molar-refractivity contribution in [3.05, 3.63) is 68.4 Å². The topological polar surface area (TPSA) is 138 Å². The standard InChI is InChI=1S/C32H26O10/c1-13-7-19(33)27-29(35)25(17-9-15(37-3)11-21(39-5)23(17)31(27)41-13)26-18-10-16(38-4)12-22(40-6)24(18)32-28(30(26)36)20(34)8-14(2)42-32/h7-12,35-36H,1-6H3. The first-order valence-electron chi connectivity index (χ1n) is 12.8. The molecule has 0 saturated carbocycles. The summed E-state index contributed by atoms with van der Waals surface area (Å²) in [5.74, 6) is 0.999. The fourth-order valence-electron chi connectivity index (χ4n) is 5.63. The second-order valence-corrected chi connectivity index (χ2v) is 9.80. The molecule has 0 radical (unpaired) electrons. The predicted molar refractivity (Wildman–Crippen MR) is 158 cm³/mol. The molecule has 214 valence electrons. The molecule has 0 fully saturated rings. The quantitative estimate of drug-likeness (QED) is 0.240. The van der Waals surface area contributed by atoms with Crippen LogP contribution in [0.15, 0.2) is 54.8 Å². The normalized spacial score (nSPS) is 11.5. The number of hydrogen-bond acceptors (Lipinski definition) is 10. The minimum absolute atomic E-state index is 0.0329. The van der Waals surface area contributed by atoms with Crippen LogP contribution < -0.4 is 29.8 Å². The van der Waals surface area contributed by atoms with Crippen LogP contribution >= 0.6 is 0 Å². The zero-order chi connectivity index (χ0) is 30.0. The molecule has 42 heavy (non-hydrogen) atoms. The maximum absolute atomic E-state index is 13.4. The largest absolute Gasteiger partial charge is 0.506 e. The van der Waals surface area contributed by atoms with E-state index in [1.54, 1.807) is 38.1 Å². The minimum atomic E-state index is -0.512. The van der Waals surface area contributed by atoms with E-state index in [1.807, 2.05) is 0 Å². The molecule has 0 spiro atoms. The van der Waals surface area contributed by atoms with Crippen molar-refractivity contribution in [1.29, 1.82) is 0 Å². The van der Waals surface area contributed by atoms with Gasteiger partial charge in [0.15, 0.2) is 22.0 Å². The highest BCUT2D eigenvalue weighted by atomic mass is 16.5. The van der Waals surface area contributed by atoms with Crippen molar-refractivity contribution in [3.63, 3.8) is 0 Å². The number of phenolic OH excluding ortho intramolecular Hbond substituents is 2. The number of phenols is 2. The maximum Gasteiger partial charge on any atom is 0.196 e. The van der Waals surface area contributed by atoms with Crippen LogP contribution in [0.2, 0.25) is 0 Å². The van der Waals surface area contributed by atoms with E-state index in [-0.39, 0.29) is 33.1 Å². The highest BCUT2D eigenvalue weighted by Gasteiger charge is 2.29. The molecular weight excluding hydrogens is 544 g/mol. The second kappa shape index (κ2) is 9.62. The van der Waals surface area contributed by atoms with Crippen LogP contribution in [0.1, 0.15) is 11.5 Å². The molecule has 4 aromatic carbocycles. The second-order valence-electron chi connectivity index (χ2n) is 9.80. The first kappa shape index (κ1) is 26.8. The summed E-state index contributed by atoms with van der Waals surface area (Å²) in [6.07, 6.45) is 0. The Morgan fingerprint density at radius 1 is 0.548 bits per heavy atom. The van der Waals surface area contributed by atoms with Crippen molar-refractivity contribution in [2.45, 2.75) is 13.8 Å². The molecular formula is C32H26O10. The van der Waals surface area contributed by atoms with Gasteiger partial charge in [-0.15, -0.1) is 0 Å². The van der Waals surface area contributed by atoms with E-state index in [1.165, 1.54) is 40.6 Å². The van der Waals surface area contributed by atoms with Gasteiger partial charge in [-0.3, -0.25) is 9.59 Å². The van der Waals surface area contributed by atoms with Crippen LogP contribution in [0.25, 0.3) is 54.6 Å². The van der Waals surface area contributed by atoms with Gasteiger partial charge in [0.2, 0.25) is 0 Å². The molecule has 0 aliphatic carbocycles. The lowest BCUT2D eigenvalue weighted by Crippen LogP contribution is -2.05. The van der Waals surface area contributed by atoms with E-state index in [0.29, 0.717) is 56.1 Å². The molecule has 0 amide bonds. The van der Waals surface area contributed by atoms with Gasteiger partial charge in [0, 0.05) is 46.2 Å². The van der Waals surface area contributed by atoms with Gasteiger partial charge in [0.25, 0.3) is 0 Å². The van der Waals surface area contributed by atoms with E-state index in [9.17, 15) is 19.8 Å². The number of rotatable bonds is 5. The molecule has 0 aliphatic rings. The lowest BCUT2D eigenvalue weighted by Gasteiger charge is -2.20. The van der Waals surface area contributed by atoms with E-state index >= 15 is 0 Å². The number of fused-ring (bicyclic) bond motifs is 6. The molecule has 2 heterocycles. The Morgan fingerprint density at radius 3 is 1.26 bits per heavy atom. The Morgan fingerprint density at radius 2 is 0.929 bits per heavy atom. The Kier molecular flexibility index (Phi) is 6.14. The Labute approximate surface area is 237 Å². The molecule has 0 unspecified atom stereocenters. The lowest BCUT2D eigenvalue weighted by atomic mass is 9.88. The van der Waals surface area contributed by atoms with Crippen molar-refractivity contribution in [1.82, 2.24) is 0 Å². The van der Waals surface area contributed by atoms with Crippen molar-refractivity contribution in [2.75, 3.05) is 28.4 Å². The fourth-order valence-corrected chi connectivity index (χ4v) is 5.63. The Bertz CT molecular complexity index is 2060. The molecule has 0 atom stereocenters. The minimum Gasteiger partial charge on any atom is -0.506 e. The van der Waals surface area contributed by atoms with Crippen LogP contribution in [0.3, 0.4) is 0 Å². The smallest absolute Gasteiger partial charge is 0.196 e. The first-order chi connectivity index (χ1) is 20.1. The van der Waals surface area contributed by atoms with Gasteiger partial charge in [-0.25, -0.2) is 0 Å². The molecule has 10 heteroatoms. The van der Waals surface area contributed by atoms with Gasteiger partial charge in [-0.2, -0.15) is 0 Å². The molecule has 10 nitrogen and oxygen atoms in total. The average molecular weight is 571 g/mol. The monoisotopic (exact) mass is 570 g/mol. The van der Waals surface area contributed by atoms with Crippen molar-refractivity contribution in [3.8, 4) is 45.6 Å². The number of benzene rings is 4. The van der Waals surface area contributed by atoms with Crippen LogP contribution in [0.5, 0.6) is 34.5 Å². The predicted octanol–water partition coefficient (Wildman–Crippen LogP) is 5.94. The number of methoxy groups -OCH3 is 4. The third kappa shape index (κ3) is 3.72. The third-order valence-electron chi connectivity index (χ3n) is 7.39. The summed E-state index contributed by atoms with van der Waals surface area (Å²) in [5, 5.41) is 24.9. The third-order valence-corrected chi connectivity index (χ3v) is 7.39. The fraction of sp³-hybridized carbons (Fsp3) is 0.188. The van der Waals surface area contributed by atoms with Crippen LogP contribution in [-0.4, -0.2) is 38.7 Å². The molecule has 6 rings (SSSR count). The summed E-state index contributed by atoms with van der Waals surface area (Å²) in [6, 6.07) is 9.00. The molecule has 2 N–H and O–H groups in total. The highest BCUT2D eigenvalue weighted by Crippen LogP contribution is 2.54. The van der Waals surface area contributed by atoms with Gasteiger partial charge < -0.3 is 38.0 Å². The van der Waals surface area contributed by atoms with Crippen molar-refractivity contribution >= 4 is 43.5 Å². The number of hydrogen-bond donors (Lipinski definition) is 2. The number of aromatic hydroxyl groups is 2. The van der Waals surface area contributed by atoms with E-state index < -0.39 is 22.4 Å². The SMILES string of the molecule is COc1cc(OC)c2c(c1)c(-c1c(O)c3c(=O)cc(C)oc3c3c(OC)cc(OC)cc13)c(O)c1c(=O)cc(C)oc12. The summed E-state index contributed by atoms with van der Waals surface area (Å²) >= 11 is 0. The number of aryl methyl sites for hydroxylation is 2. The first-order valence-corrected chi connectivity index (χ1v) is 12.8. The summed E-state index contributed by atoms with van der Waals surface area (Å²) in [5.41, 5.74) is -0.781. The molecule has 2 aromatic heterocycles. The summed E-state index contributed by atoms with van der Waals surface area (Å²) in [4.78, 5) is 26.7. The van der Waals surface area contributed by atoms with Gasteiger partial charge in [-0.1, -0.05) is 0 Å². The zero-order valence-corrected chi connectivity index (χ0v) is 23.6. The lowest BCUT2D eigenvalue weighted by molar-refractivity contribution is 0.397. The van der Waals surface area contributed by atoms with Crippen LogP contribution in [-0.2, 0) is 0 Å². The highest BCUT2D eigenvalue weighted by molar-refractivity contribution is 6.25. The van der Waals surface area contributed by atoms with E-state index in [4.69, 9.17) is 27.8 Å². The van der Waals surface area contributed by atoms with Crippen LogP contribution in [0.4, 0.5) is 0 Å². The zero-order valence-electron chi connectivity index (χ0n) is 23.6. The van der Waals surface area contributed by atoms with E-state index in [2.05, 4.69) is 0 Å². The van der Waals surface area contributed by atoms with Crippen LogP contribution in [0, 0.1) is 13.8 Å². The summed E-state index contributed by atoms with van der Waals surface area (Å²) < 4.78 is 34.4. The van der Waals surface area contributed by atoms with Crippen molar-refractivity contribution in [2.24, 2.45) is 0 Å². The molecule has 0 saturated heterocycles. The molecule has 0 bridgehead atoms.